The summed E-state index contributed by atoms with van der Waals surface area (Å²) in [5.41, 5.74) is 6.54. The average molecular weight is 294 g/mol. The molecule has 0 saturated heterocycles. The van der Waals surface area contributed by atoms with Crippen molar-refractivity contribution in [1.29, 1.82) is 0 Å². The molecule has 0 spiro atoms. The van der Waals surface area contributed by atoms with E-state index in [1.54, 1.807) is 12.3 Å². The van der Waals surface area contributed by atoms with Gasteiger partial charge >= 0.3 is 0 Å². The second-order valence-corrected chi connectivity index (χ2v) is 4.78. The van der Waals surface area contributed by atoms with Crippen LogP contribution in [0.5, 0.6) is 0 Å². The van der Waals surface area contributed by atoms with Crippen LogP contribution in [0.1, 0.15) is 29.0 Å². The van der Waals surface area contributed by atoms with Gasteiger partial charge in [0.05, 0.1) is 18.8 Å². The topological polar surface area (TPSA) is 85.8 Å². The van der Waals surface area contributed by atoms with Gasteiger partial charge in [-0.05, 0) is 18.6 Å². The van der Waals surface area contributed by atoms with Gasteiger partial charge < -0.3 is 11.1 Å². The molecule has 1 aromatic carbocycles. The molecule has 0 fully saturated rings. The maximum absolute atomic E-state index is 12.1. The Bertz CT molecular complexity index is 598. The third-order valence-electron chi connectivity index (χ3n) is 2.85. The van der Waals surface area contributed by atoms with Crippen LogP contribution in [0.4, 0.5) is 0 Å². The van der Waals surface area contributed by atoms with E-state index >= 15 is 0 Å². The monoisotopic (exact) mass is 293 g/mol. The van der Waals surface area contributed by atoms with E-state index < -0.39 is 0 Å². The zero-order valence-corrected chi connectivity index (χ0v) is 11.8. The Balaban J connectivity index is 2.05. The lowest BCUT2D eigenvalue weighted by Gasteiger charge is -2.14. The first-order valence-electron chi connectivity index (χ1n) is 6.27. The molecule has 0 aliphatic rings. The Morgan fingerprint density at radius 3 is 2.95 bits per heavy atom. The number of carbonyl (C=O) groups is 1. The molecule has 0 aliphatic heterocycles. The number of hydrogen-bond acceptors (Lipinski definition) is 4. The van der Waals surface area contributed by atoms with Crippen LogP contribution in [0.2, 0.25) is 5.02 Å². The number of nitrogens with zero attached hydrogens (tertiary/aromatic N) is 3. The van der Waals surface area contributed by atoms with Crippen molar-refractivity contribution in [1.82, 2.24) is 20.3 Å². The minimum atomic E-state index is -0.291. The summed E-state index contributed by atoms with van der Waals surface area (Å²) in [6, 6.07) is 7.17. The summed E-state index contributed by atoms with van der Waals surface area (Å²) in [6.07, 6.45) is 1.57. The molecule has 0 radical (unpaired) electrons. The molecular weight excluding hydrogens is 278 g/mol. The molecule has 0 unspecified atom stereocenters. The molecule has 3 N–H and O–H groups in total. The summed E-state index contributed by atoms with van der Waals surface area (Å²) in [4.78, 5) is 12.1. The van der Waals surface area contributed by atoms with E-state index in [-0.39, 0.29) is 17.6 Å². The first-order valence-corrected chi connectivity index (χ1v) is 6.65. The predicted molar refractivity (Wildman–Crippen MR) is 76.4 cm³/mol. The summed E-state index contributed by atoms with van der Waals surface area (Å²) in [7, 11) is 0. The summed E-state index contributed by atoms with van der Waals surface area (Å²) in [5, 5.41) is 11.1. The number of hydrogen-bond donors (Lipinski definition) is 2. The normalized spacial score (nSPS) is 12.2. The number of halogens is 1. The van der Waals surface area contributed by atoms with Crippen molar-refractivity contribution in [2.45, 2.75) is 19.5 Å². The van der Waals surface area contributed by atoms with Crippen molar-refractivity contribution in [2.24, 2.45) is 5.73 Å². The molecular formula is C13H16ClN5O. The number of rotatable bonds is 5. The van der Waals surface area contributed by atoms with Crippen molar-refractivity contribution >= 4 is 17.5 Å². The van der Waals surface area contributed by atoms with E-state index in [1.165, 1.54) is 4.68 Å². The lowest BCUT2D eigenvalue weighted by molar-refractivity contribution is 0.0935. The van der Waals surface area contributed by atoms with E-state index in [2.05, 4.69) is 15.6 Å². The summed E-state index contributed by atoms with van der Waals surface area (Å²) in [5.74, 6) is -0.291. The van der Waals surface area contributed by atoms with Gasteiger partial charge in [0.25, 0.3) is 5.91 Å². The first kappa shape index (κ1) is 14.5. The van der Waals surface area contributed by atoms with Crippen molar-refractivity contribution in [2.75, 3.05) is 6.54 Å². The number of nitrogens with two attached hydrogens (primary N) is 1. The highest BCUT2D eigenvalue weighted by molar-refractivity contribution is 6.31. The smallest absolute Gasteiger partial charge is 0.273 e. The van der Waals surface area contributed by atoms with Crippen LogP contribution in [0.15, 0.2) is 30.5 Å². The van der Waals surface area contributed by atoms with Crippen molar-refractivity contribution in [3.8, 4) is 0 Å². The highest BCUT2D eigenvalue weighted by Crippen LogP contribution is 2.22. The van der Waals surface area contributed by atoms with Crippen LogP contribution in [-0.2, 0) is 6.54 Å². The molecule has 1 atom stereocenters. The number of aromatic nitrogens is 3. The number of amides is 1. The van der Waals surface area contributed by atoms with Crippen molar-refractivity contribution < 1.29 is 4.79 Å². The average Bonchev–Trinajstić information content (AvgIpc) is 2.88. The molecule has 2 aromatic rings. The van der Waals surface area contributed by atoms with Gasteiger partial charge in [0.1, 0.15) is 0 Å². The van der Waals surface area contributed by atoms with Gasteiger partial charge in [0.2, 0.25) is 0 Å². The molecule has 0 aliphatic carbocycles. The minimum Gasteiger partial charge on any atom is -0.344 e. The molecule has 0 bridgehead atoms. The van der Waals surface area contributed by atoms with Crippen molar-refractivity contribution in [3.63, 3.8) is 0 Å². The van der Waals surface area contributed by atoms with Gasteiger partial charge in [0, 0.05) is 11.6 Å². The maximum Gasteiger partial charge on any atom is 0.273 e. The summed E-state index contributed by atoms with van der Waals surface area (Å²) < 4.78 is 1.54. The molecule has 0 saturated carbocycles. The van der Waals surface area contributed by atoms with Gasteiger partial charge in [0.15, 0.2) is 5.69 Å². The fourth-order valence-corrected chi connectivity index (χ4v) is 2.12. The fourth-order valence-electron chi connectivity index (χ4n) is 1.82. The first-order chi connectivity index (χ1) is 9.61. The zero-order valence-electron chi connectivity index (χ0n) is 11.1. The molecule has 2 rings (SSSR count). The Morgan fingerprint density at radius 1 is 1.50 bits per heavy atom. The molecule has 1 aromatic heterocycles. The van der Waals surface area contributed by atoms with Gasteiger partial charge in [-0.1, -0.05) is 35.0 Å². The number of carbonyl (C=O) groups excluding carboxylic acids is 1. The van der Waals surface area contributed by atoms with Gasteiger partial charge in [-0.2, -0.15) is 0 Å². The van der Waals surface area contributed by atoms with Gasteiger partial charge in [-0.3, -0.25) is 9.48 Å². The van der Waals surface area contributed by atoms with Crippen LogP contribution in [-0.4, -0.2) is 27.4 Å². The summed E-state index contributed by atoms with van der Waals surface area (Å²) in [6.45, 7) is 2.84. The van der Waals surface area contributed by atoms with Gasteiger partial charge in [-0.25, -0.2) is 0 Å². The lowest BCUT2D eigenvalue weighted by Crippen LogP contribution is -2.27. The van der Waals surface area contributed by atoms with E-state index in [0.717, 1.165) is 5.56 Å². The number of benzene rings is 1. The lowest BCUT2D eigenvalue weighted by atomic mass is 10.1. The quantitative estimate of drug-likeness (QED) is 0.872. The summed E-state index contributed by atoms with van der Waals surface area (Å²) >= 11 is 6.10. The standard InChI is InChI=1S/C13H16ClN5O/c1-9(10-4-2-3-5-11(10)14)16-13(20)12-8-19(7-6-15)18-17-12/h2-5,8-9H,6-7,15H2,1H3,(H,16,20)/t9-/m1/s1. The van der Waals surface area contributed by atoms with E-state index in [1.807, 2.05) is 25.1 Å². The second-order valence-electron chi connectivity index (χ2n) is 4.37. The largest absolute Gasteiger partial charge is 0.344 e. The predicted octanol–water partition coefficient (Wildman–Crippen LogP) is 1.38. The second kappa shape index (κ2) is 6.49. The Hall–Kier alpha value is -1.92. The van der Waals surface area contributed by atoms with Crippen LogP contribution < -0.4 is 11.1 Å². The van der Waals surface area contributed by atoms with Crippen LogP contribution in [0.3, 0.4) is 0 Å². The minimum absolute atomic E-state index is 0.212. The van der Waals surface area contributed by atoms with Crippen LogP contribution in [0.25, 0.3) is 0 Å². The third kappa shape index (κ3) is 3.34. The molecule has 106 valence electrons. The van der Waals surface area contributed by atoms with E-state index in [9.17, 15) is 4.79 Å². The Morgan fingerprint density at radius 2 is 2.25 bits per heavy atom. The van der Waals surface area contributed by atoms with Crippen molar-refractivity contribution in [3.05, 3.63) is 46.7 Å². The highest BCUT2D eigenvalue weighted by Gasteiger charge is 2.16. The third-order valence-corrected chi connectivity index (χ3v) is 3.19. The molecule has 7 heteroatoms. The fraction of sp³-hybridized carbons (Fsp3) is 0.308. The van der Waals surface area contributed by atoms with E-state index in [0.29, 0.717) is 18.1 Å². The Labute approximate surface area is 121 Å². The Kier molecular flexibility index (Phi) is 4.70. The van der Waals surface area contributed by atoms with Crippen LogP contribution in [0, 0.1) is 0 Å². The zero-order chi connectivity index (χ0) is 14.5. The molecule has 1 heterocycles. The molecule has 1 amide bonds. The van der Waals surface area contributed by atoms with Gasteiger partial charge in [-0.15, -0.1) is 5.10 Å². The maximum atomic E-state index is 12.1. The van der Waals surface area contributed by atoms with Crippen LogP contribution >= 0.6 is 11.6 Å². The highest BCUT2D eigenvalue weighted by atomic mass is 35.5. The molecule has 6 nitrogen and oxygen atoms in total. The number of nitrogens with one attached hydrogen (secondary N) is 1. The van der Waals surface area contributed by atoms with E-state index in [4.69, 9.17) is 17.3 Å². The SMILES string of the molecule is C[C@@H](NC(=O)c1cn(CCN)nn1)c1ccccc1Cl. The molecule has 20 heavy (non-hydrogen) atoms.